The van der Waals surface area contributed by atoms with Crippen molar-refractivity contribution in [3.63, 3.8) is 0 Å². The molecule has 1 heterocycles. The summed E-state index contributed by atoms with van der Waals surface area (Å²) < 4.78 is 10.6. The maximum Gasteiger partial charge on any atom is 0.120 e. The molecule has 0 fully saturated rings. The van der Waals surface area contributed by atoms with Crippen LogP contribution in [-0.4, -0.2) is 19.8 Å². The van der Waals surface area contributed by atoms with Crippen molar-refractivity contribution in [3.8, 4) is 0 Å². The Morgan fingerprint density at radius 2 is 2.36 bits per heavy atom. The van der Waals surface area contributed by atoms with Gasteiger partial charge in [-0.2, -0.15) is 0 Å². The van der Waals surface area contributed by atoms with Gasteiger partial charge in [-0.25, -0.2) is 0 Å². The molecule has 0 unspecified atom stereocenters. The zero-order valence-corrected chi connectivity index (χ0v) is 8.95. The third-order valence-corrected chi connectivity index (χ3v) is 2.02. The van der Waals surface area contributed by atoms with Gasteiger partial charge < -0.3 is 14.5 Å². The zero-order valence-electron chi connectivity index (χ0n) is 8.95. The lowest BCUT2D eigenvalue weighted by molar-refractivity contribution is 0.134. The maximum atomic E-state index is 5.36. The van der Waals surface area contributed by atoms with E-state index >= 15 is 0 Å². The highest BCUT2D eigenvalue weighted by atomic mass is 16.5. The fraction of sp³-hybridized carbons (Fsp3) is 0.636. The number of nitrogens with one attached hydrogen (secondary N) is 1. The summed E-state index contributed by atoms with van der Waals surface area (Å²) >= 11 is 0. The molecule has 0 aliphatic rings. The monoisotopic (exact) mass is 197 g/mol. The maximum absolute atomic E-state index is 5.36. The van der Waals surface area contributed by atoms with Crippen molar-refractivity contribution >= 4 is 0 Å². The first kappa shape index (κ1) is 11.3. The molecule has 0 aromatic carbocycles. The summed E-state index contributed by atoms with van der Waals surface area (Å²) in [6.45, 7) is 6.66. The van der Waals surface area contributed by atoms with Crippen LogP contribution in [0.2, 0.25) is 0 Å². The molecule has 0 aliphatic heterocycles. The summed E-state index contributed by atoms with van der Waals surface area (Å²) in [6.07, 6.45) is 2.77. The number of hydrogen-bond donors (Lipinski definition) is 1. The highest BCUT2D eigenvalue weighted by Gasteiger charge is 2.05. The molecule has 1 N–H and O–H groups in total. The molecule has 0 saturated carbocycles. The third kappa shape index (κ3) is 3.94. The molecule has 0 amide bonds. The van der Waals surface area contributed by atoms with E-state index in [9.17, 15) is 0 Å². The van der Waals surface area contributed by atoms with Crippen molar-refractivity contribution in [2.45, 2.75) is 26.3 Å². The van der Waals surface area contributed by atoms with Crippen molar-refractivity contribution in [1.29, 1.82) is 0 Å². The molecule has 1 aromatic heterocycles. The number of ether oxygens (including phenoxy) is 1. The molecule has 0 spiro atoms. The topological polar surface area (TPSA) is 34.4 Å². The van der Waals surface area contributed by atoms with Crippen molar-refractivity contribution in [2.75, 3.05) is 19.8 Å². The van der Waals surface area contributed by atoms with E-state index in [1.807, 2.05) is 12.1 Å². The van der Waals surface area contributed by atoms with Crippen LogP contribution in [0.3, 0.4) is 0 Å². The van der Waals surface area contributed by atoms with E-state index in [4.69, 9.17) is 9.15 Å². The van der Waals surface area contributed by atoms with Crippen molar-refractivity contribution < 1.29 is 9.15 Å². The first-order valence-corrected chi connectivity index (χ1v) is 5.19. The Labute approximate surface area is 85.4 Å². The Morgan fingerprint density at radius 1 is 1.50 bits per heavy atom. The van der Waals surface area contributed by atoms with Gasteiger partial charge in [0.25, 0.3) is 0 Å². The number of furan rings is 1. The summed E-state index contributed by atoms with van der Waals surface area (Å²) in [7, 11) is 0. The van der Waals surface area contributed by atoms with Crippen LogP contribution < -0.4 is 5.32 Å². The second-order valence-corrected chi connectivity index (χ2v) is 3.30. The van der Waals surface area contributed by atoms with Gasteiger partial charge in [0.1, 0.15) is 5.76 Å². The summed E-state index contributed by atoms with van der Waals surface area (Å²) in [5.74, 6) is 0.973. The number of hydrogen-bond acceptors (Lipinski definition) is 3. The van der Waals surface area contributed by atoms with E-state index in [0.717, 1.165) is 31.9 Å². The van der Waals surface area contributed by atoms with E-state index in [1.54, 1.807) is 6.26 Å². The summed E-state index contributed by atoms with van der Waals surface area (Å²) in [5.41, 5.74) is 0. The standard InChI is InChI=1S/C11H19NO2/c1-3-7-13-9-6-12-10(2)11-5-4-8-14-11/h4-5,8,10,12H,3,6-7,9H2,1-2H3/t10-/m1/s1. The normalized spacial score (nSPS) is 13.0. The van der Waals surface area contributed by atoms with Crippen LogP contribution in [0.15, 0.2) is 22.8 Å². The molecule has 0 aliphatic carbocycles. The van der Waals surface area contributed by atoms with Crippen LogP contribution in [0, 0.1) is 0 Å². The summed E-state index contributed by atoms with van der Waals surface area (Å²) in [5, 5.41) is 3.33. The van der Waals surface area contributed by atoms with Gasteiger partial charge in [-0.1, -0.05) is 6.92 Å². The van der Waals surface area contributed by atoms with Crippen LogP contribution >= 0.6 is 0 Å². The lowest BCUT2D eigenvalue weighted by Crippen LogP contribution is -2.23. The van der Waals surface area contributed by atoms with E-state index in [1.165, 1.54) is 0 Å². The zero-order chi connectivity index (χ0) is 10.2. The molecule has 14 heavy (non-hydrogen) atoms. The van der Waals surface area contributed by atoms with Gasteiger partial charge in [-0.3, -0.25) is 0 Å². The minimum absolute atomic E-state index is 0.259. The van der Waals surface area contributed by atoms with Crippen LogP contribution in [0.25, 0.3) is 0 Å². The van der Waals surface area contributed by atoms with Crippen LogP contribution in [0.5, 0.6) is 0 Å². The molecule has 1 atom stereocenters. The third-order valence-electron chi connectivity index (χ3n) is 2.02. The predicted molar refractivity (Wildman–Crippen MR) is 56.2 cm³/mol. The largest absolute Gasteiger partial charge is 0.468 e. The molecular weight excluding hydrogens is 178 g/mol. The Kier molecular flexibility index (Phi) is 5.33. The minimum Gasteiger partial charge on any atom is -0.468 e. The molecule has 0 radical (unpaired) electrons. The van der Waals surface area contributed by atoms with E-state index in [0.29, 0.717) is 0 Å². The molecule has 0 saturated heterocycles. The van der Waals surface area contributed by atoms with Gasteiger partial charge in [0.2, 0.25) is 0 Å². The van der Waals surface area contributed by atoms with Gasteiger partial charge in [0.05, 0.1) is 18.9 Å². The fourth-order valence-electron chi connectivity index (χ4n) is 1.23. The number of rotatable bonds is 7. The predicted octanol–water partition coefficient (Wildman–Crippen LogP) is 2.36. The van der Waals surface area contributed by atoms with Crippen molar-refractivity contribution in [3.05, 3.63) is 24.2 Å². The van der Waals surface area contributed by atoms with Gasteiger partial charge >= 0.3 is 0 Å². The minimum atomic E-state index is 0.259. The van der Waals surface area contributed by atoms with Crippen LogP contribution in [-0.2, 0) is 4.74 Å². The first-order chi connectivity index (χ1) is 6.84. The van der Waals surface area contributed by atoms with Gasteiger partial charge in [0, 0.05) is 13.2 Å². The molecule has 1 aromatic rings. The molecule has 0 bridgehead atoms. The highest BCUT2D eigenvalue weighted by Crippen LogP contribution is 2.11. The second-order valence-electron chi connectivity index (χ2n) is 3.30. The smallest absolute Gasteiger partial charge is 0.120 e. The summed E-state index contributed by atoms with van der Waals surface area (Å²) in [4.78, 5) is 0. The van der Waals surface area contributed by atoms with Crippen LogP contribution in [0.1, 0.15) is 32.1 Å². The van der Waals surface area contributed by atoms with E-state index in [2.05, 4.69) is 19.2 Å². The van der Waals surface area contributed by atoms with Gasteiger partial charge in [0.15, 0.2) is 0 Å². The molecule has 1 rings (SSSR count). The first-order valence-electron chi connectivity index (χ1n) is 5.19. The van der Waals surface area contributed by atoms with Gasteiger partial charge in [-0.05, 0) is 25.5 Å². The summed E-state index contributed by atoms with van der Waals surface area (Å²) in [6, 6.07) is 4.14. The molecule has 80 valence electrons. The average Bonchev–Trinajstić information content (AvgIpc) is 2.70. The SMILES string of the molecule is CCCOCCN[C@H](C)c1ccco1. The Balaban J connectivity index is 2.07. The van der Waals surface area contributed by atoms with Gasteiger partial charge in [-0.15, -0.1) is 0 Å². The molecule has 3 heteroatoms. The Morgan fingerprint density at radius 3 is 3.00 bits per heavy atom. The lowest BCUT2D eigenvalue weighted by Gasteiger charge is -2.10. The molecule has 3 nitrogen and oxygen atoms in total. The quantitative estimate of drug-likeness (QED) is 0.681. The highest BCUT2D eigenvalue weighted by molar-refractivity contribution is 5.02. The van der Waals surface area contributed by atoms with E-state index < -0.39 is 0 Å². The Bertz CT molecular complexity index is 221. The fourth-order valence-corrected chi connectivity index (χ4v) is 1.23. The van der Waals surface area contributed by atoms with E-state index in [-0.39, 0.29) is 6.04 Å². The van der Waals surface area contributed by atoms with Crippen molar-refractivity contribution in [1.82, 2.24) is 5.32 Å². The lowest BCUT2D eigenvalue weighted by atomic mass is 10.2. The van der Waals surface area contributed by atoms with Crippen LogP contribution in [0.4, 0.5) is 0 Å². The van der Waals surface area contributed by atoms with Crippen molar-refractivity contribution in [2.24, 2.45) is 0 Å². The molecular formula is C11H19NO2. The second kappa shape index (κ2) is 6.62. The Hall–Kier alpha value is -0.800. The average molecular weight is 197 g/mol.